The van der Waals surface area contributed by atoms with Gasteiger partial charge in [-0.05, 0) is 55.3 Å². The Morgan fingerprint density at radius 3 is 2.52 bits per heavy atom. The first-order valence-electron chi connectivity index (χ1n) is 10.1. The van der Waals surface area contributed by atoms with E-state index in [2.05, 4.69) is 10.1 Å². The predicted molar refractivity (Wildman–Crippen MR) is 114 cm³/mol. The van der Waals surface area contributed by atoms with Gasteiger partial charge in [0.2, 0.25) is 11.7 Å². The lowest BCUT2D eigenvalue weighted by atomic mass is 9.97. The second-order valence-corrected chi connectivity index (χ2v) is 7.34. The number of amides is 1. The fraction of sp³-hybridized carbons (Fsp3) is 0.348. The summed E-state index contributed by atoms with van der Waals surface area (Å²) in [7, 11) is 4.78. The molecule has 0 saturated carbocycles. The van der Waals surface area contributed by atoms with E-state index in [1.807, 2.05) is 17.0 Å². The Morgan fingerprint density at radius 2 is 1.81 bits per heavy atom. The Labute approximate surface area is 180 Å². The zero-order valence-corrected chi connectivity index (χ0v) is 17.8. The number of aromatic nitrogens is 2. The molecular formula is C23H25N3O5. The molecule has 1 aliphatic heterocycles. The van der Waals surface area contributed by atoms with Gasteiger partial charge in [0.15, 0.2) is 11.5 Å². The molecule has 2 heterocycles. The van der Waals surface area contributed by atoms with Gasteiger partial charge in [0.05, 0.1) is 27.2 Å². The van der Waals surface area contributed by atoms with Gasteiger partial charge in [-0.2, -0.15) is 4.98 Å². The molecule has 1 amide bonds. The number of likely N-dealkylation sites (tertiary alicyclic amines) is 1. The molecule has 0 aliphatic carbocycles. The first-order chi connectivity index (χ1) is 15.1. The Morgan fingerprint density at radius 1 is 1.03 bits per heavy atom. The maximum atomic E-state index is 12.9. The summed E-state index contributed by atoms with van der Waals surface area (Å²) in [5, 5.41) is 4.14. The van der Waals surface area contributed by atoms with Gasteiger partial charge in [-0.25, -0.2) is 0 Å². The number of rotatable bonds is 6. The average molecular weight is 423 g/mol. The summed E-state index contributed by atoms with van der Waals surface area (Å²) in [6.45, 7) is 1.25. The zero-order chi connectivity index (χ0) is 21.8. The minimum absolute atomic E-state index is 0.00246. The first kappa shape index (κ1) is 20.7. The van der Waals surface area contributed by atoms with Crippen LogP contribution in [0.2, 0.25) is 0 Å². The van der Waals surface area contributed by atoms with Gasteiger partial charge in [0.25, 0.3) is 5.91 Å². The van der Waals surface area contributed by atoms with Crippen molar-refractivity contribution in [2.24, 2.45) is 0 Å². The molecule has 162 valence electrons. The molecule has 0 N–H and O–H groups in total. The topological polar surface area (TPSA) is 86.9 Å². The number of hydrogen-bond donors (Lipinski definition) is 0. The molecule has 2 aromatic carbocycles. The number of methoxy groups -OCH3 is 3. The Hall–Kier alpha value is -3.55. The van der Waals surface area contributed by atoms with Gasteiger partial charge in [0.1, 0.15) is 5.75 Å². The first-order valence-corrected chi connectivity index (χ1v) is 10.1. The molecule has 0 spiro atoms. The van der Waals surface area contributed by atoms with Crippen LogP contribution in [0.3, 0.4) is 0 Å². The molecule has 0 unspecified atom stereocenters. The fourth-order valence-electron chi connectivity index (χ4n) is 3.77. The van der Waals surface area contributed by atoms with Crippen LogP contribution in [0.15, 0.2) is 47.0 Å². The van der Waals surface area contributed by atoms with Crippen LogP contribution >= 0.6 is 0 Å². The number of nitrogens with zero attached hydrogens (tertiary/aromatic N) is 3. The molecular weight excluding hydrogens is 398 g/mol. The largest absolute Gasteiger partial charge is 0.497 e. The van der Waals surface area contributed by atoms with E-state index in [4.69, 9.17) is 18.7 Å². The minimum Gasteiger partial charge on any atom is -0.497 e. The van der Waals surface area contributed by atoms with E-state index in [1.165, 1.54) is 0 Å². The molecule has 8 nitrogen and oxygen atoms in total. The van der Waals surface area contributed by atoms with Crippen molar-refractivity contribution in [3.05, 3.63) is 53.9 Å². The van der Waals surface area contributed by atoms with Gasteiger partial charge >= 0.3 is 0 Å². The van der Waals surface area contributed by atoms with Crippen molar-refractivity contribution in [1.29, 1.82) is 0 Å². The third-order valence-corrected chi connectivity index (χ3v) is 5.48. The van der Waals surface area contributed by atoms with Crippen LogP contribution in [-0.4, -0.2) is 55.4 Å². The number of carbonyl (C=O) groups is 1. The standard InChI is InChI=1S/C23H25N3O5/c1-28-18-9-6-15(7-10-18)23(27)26-12-4-5-17(14-26)22-24-21(25-31-22)16-8-11-19(29-2)20(13-16)30-3/h6-11,13,17H,4-5,12,14H2,1-3H3/t17-/m1/s1. The number of benzene rings is 2. The quantitative estimate of drug-likeness (QED) is 0.596. The van der Waals surface area contributed by atoms with E-state index in [9.17, 15) is 4.79 Å². The summed E-state index contributed by atoms with van der Waals surface area (Å²) in [4.78, 5) is 19.4. The normalized spacial score (nSPS) is 16.1. The van der Waals surface area contributed by atoms with Crippen molar-refractivity contribution < 1.29 is 23.5 Å². The van der Waals surface area contributed by atoms with Crippen LogP contribution in [0.25, 0.3) is 11.4 Å². The van der Waals surface area contributed by atoms with Gasteiger partial charge in [-0.3, -0.25) is 4.79 Å². The van der Waals surface area contributed by atoms with Crippen LogP contribution in [0.5, 0.6) is 17.2 Å². The van der Waals surface area contributed by atoms with Gasteiger partial charge in [-0.1, -0.05) is 5.16 Å². The lowest BCUT2D eigenvalue weighted by Crippen LogP contribution is -2.39. The molecule has 3 aromatic rings. The van der Waals surface area contributed by atoms with Crippen LogP contribution < -0.4 is 14.2 Å². The second kappa shape index (κ2) is 9.07. The highest BCUT2D eigenvalue weighted by atomic mass is 16.5. The Balaban J connectivity index is 1.49. The van der Waals surface area contributed by atoms with Crippen LogP contribution in [0, 0.1) is 0 Å². The van der Waals surface area contributed by atoms with Crippen LogP contribution in [-0.2, 0) is 0 Å². The fourth-order valence-corrected chi connectivity index (χ4v) is 3.77. The summed E-state index contributed by atoms with van der Waals surface area (Å²) >= 11 is 0. The maximum Gasteiger partial charge on any atom is 0.253 e. The summed E-state index contributed by atoms with van der Waals surface area (Å²) in [5.74, 6) is 2.97. The van der Waals surface area contributed by atoms with Crippen LogP contribution in [0.1, 0.15) is 35.0 Å². The van der Waals surface area contributed by atoms with Crippen LogP contribution in [0.4, 0.5) is 0 Å². The summed E-state index contributed by atoms with van der Waals surface area (Å²) < 4.78 is 21.4. The van der Waals surface area contributed by atoms with Crippen molar-refractivity contribution in [3.8, 4) is 28.6 Å². The van der Waals surface area contributed by atoms with Crippen molar-refractivity contribution >= 4 is 5.91 Å². The molecule has 0 radical (unpaired) electrons. The van der Waals surface area contributed by atoms with E-state index in [-0.39, 0.29) is 11.8 Å². The molecule has 1 atom stereocenters. The second-order valence-electron chi connectivity index (χ2n) is 7.34. The summed E-state index contributed by atoms with van der Waals surface area (Å²) in [6, 6.07) is 12.6. The van der Waals surface area contributed by atoms with Gasteiger partial charge in [0, 0.05) is 24.2 Å². The highest BCUT2D eigenvalue weighted by Gasteiger charge is 2.29. The van der Waals surface area contributed by atoms with Crippen molar-refractivity contribution in [3.63, 3.8) is 0 Å². The summed E-state index contributed by atoms with van der Waals surface area (Å²) in [5.41, 5.74) is 1.41. The minimum atomic E-state index is -0.00742. The molecule has 1 fully saturated rings. The lowest BCUT2D eigenvalue weighted by Gasteiger charge is -2.31. The van der Waals surface area contributed by atoms with Crippen molar-refractivity contribution in [2.75, 3.05) is 34.4 Å². The smallest absolute Gasteiger partial charge is 0.253 e. The molecule has 4 rings (SSSR count). The highest BCUT2D eigenvalue weighted by Crippen LogP contribution is 2.33. The van der Waals surface area contributed by atoms with Crippen molar-refractivity contribution in [1.82, 2.24) is 15.0 Å². The van der Waals surface area contributed by atoms with E-state index in [0.717, 1.165) is 24.2 Å². The van der Waals surface area contributed by atoms with E-state index >= 15 is 0 Å². The average Bonchev–Trinajstić information content (AvgIpc) is 3.33. The van der Waals surface area contributed by atoms with Crippen molar-refractivity contribution in [2.45, 2.75) is 18.8 Å². The zero-order valence-electron chi connectivity index (χ0n) is 17.8. The molecule has 1 aromatic heterocycles. The summed E-state index contributed by atoms with van der Waals surface area (Å²) in [6.07, 6.45) is 1.76. The van der Waals surface area contributed by atoms with E-state index in [1.54, 1.807) is 51.7 Å². The predicted octanol–water partition coefficient (Wildman–Crippen LogP) is 3.78. The SMILES string of the molecule is COc1ccc(C(=O)N2CCC[C@@H](c3nc(-c4ccc(OC)c(OC)c4)no3)C2)cc1. The Bertz CT molecular complexity index is 1050. The molecule has 0 bridgehead atoms. The number of ether oxygens (including phenoxy) is 3. The molecule has 8 heteroatoms. The van der Waals surface area contributed by atoms with Gasteiger partial charge < -0.3 is 23.6 Å². The third-order valence-electron chi connectivity index (χ3n) is 5.48. The lowest BCUT2D eigenvalue weighted by molar-refractivity contribution is 0.0695. The number of hydrogen-bond acceptors (Lipinski definition) is 7. The number of piperidine rings is 1. The molecule has 31 heavy (non-hydrogen) atoms. The Kier molecular flexibility index (Phi) is 6.06. The highest BCUT2D eigenvalue weighted by molar-refractivity contribution is 5.94. The maximum absolute atomic E-state index is 12.9. The number of carbonyl (C=O) groups excluding carboxylic acids is 1. The van der Waals surface area contributed by atoms with Gasteiger partial charge in [-0.15, -0.1) is 0 Å². The molecule has 1 saturated heterocycles. The van der Waals surface area contributed by atoms with E-state index in [0.29, 0.717) is 41.9 Å². The monoisotopic (exact) mass is 423 g/mol. The molecule has 1 aliphatic rings. The van der Waals surface area contributed by atoms with E-state index < -0.39 is 0 Å². The third kappa shape index (κ3) is 4.33.